The number of rotatable bonds is 7. The molecule has 6 rings (SSSR count). The number of carbonyl (C=O) groups is 2. The average Bonchev–Trinajstić information content (AvgIpc) is 3.63. The molecule has 5 aromatic heterocycles. The molecule has 0 fully saturated rings. The van der Waals surface area contributed by atoms with Crippen molar-refractivity contribution in [2.75, 3.05) is 0 Å². The molecule has 1 aromatic carbocycles. The first kappa shape index (κ1) is 22.4. The Morgan fingerprint density at radius 3 is 2.54 bits per heavy atom. The molecule has 0 spiro atoms. The fourth-order valence-corrected chi connectivity index (χ4v) is 4.28. The summed E-state index contributed by atoms with van der Waals surface area (Å²) in [7, 11) is 1.64. The van der Waals surface area contributed by atoms with Gasteiger partial charge < -0.3 is 9.72 Å². The first-order chi connectivity index (χ1) is 18.0. The Hall–Kier alpha value is -5.12. The molecule has 0 radical (unpaired) electrons. The predicted molar refractivity (Wildman–Crippen MR) is 136 cm³/mol. The lowest BCUT2D eigenvalue weighted by molar-refractivity contribution is 0.0928. The number of pyridine rings is 1. The van der Waals surface area contributed by atoms with Crippen LogP contribution in [0.4, 0.5) is 0 Å². The van der Waals surface area contributed by atoms with Crippen molar-refractivity contribution in [3.05, 3.63) is 108 Å². The molecule has 0 bridgehead atoms. The van der Waals surface area contributed by atoms with Gasteiger partial charge in [-0.25, -0.2) is 15.0 Å². The second kappa shape index (κ2) is 9.15. The number of nitrogens with zero attached hydrogens (tertiary/aromatic N) is 7. The molecule has 1 amide bonds. The number of Topliss-reactive ketones (excluding diaryl/α,β-unsaturated/α-hetero) is 1. The van der Waals surface area contributed by atoms with Gasteiger partial charge in [-0.05, 0) is 18.2 Å². The number of aromatic nitrogens is 7. The van der Waals surface area contributed by atoms with Gasteiger partial charge in [-0.2, -0.15) is 5.10 Å². The highest BCUT2D eigenvalue weighted by molar-refractivity contribution is 6.07. The van der Waals surface area contributed by atoms with Crippen molar-refractivity contribution in [2.45, 2.75) is 13.0 Å². The Kier molecular flexibility index (Phi) is 5.53. The van der Waals surface area contributed by atoms with E-state index in [0.29, 0.717) is 17.2 Å². The van der Waals surface area contributed by atoms with Gasteiger partial charge in [-0.15, -0.1) is 0 Å². The third-order valence-corrected chi connectivity index (χ3v) is 6.09. The van der Waals surface area contributed by atoms with Gasteiger partial charge in [-0.3, -0.25) is 18.7 Å². The number of ketones is 1. The van der Waals surface area contributed by atoms with E-state index in [1.54, 1.807) is 13.1 Å². The second-order valence-electron chi connectivity index (χ2n) is 8.63. The van der Waals surface area contributed by atoms with Crippen LogP contribution in [0, 0.1) is 0 Å². The normalized spacial score (nSPS) is 11.3. The van der Waals surface area contributed by atoms with Gasteiger partial charge in [0.25, 0.3) is 5.91 Å². The van der Waals surface area contributed by atoms with E-state index in [9.17, 15) is 9.59 Å². The van der Waals surface area contributed by atoms with Crippen molar-refractivity contribution < 1.29 is 9.59 Å². The van der Waals surface area contributed by atoms with E-state index in [1.165, 1.54) is 10.9 Å². The molecule has 0 atom stereocenters. The van der Waals surface area contributed by atoms with Gasteiger partial charge in [0.2, 0.25) is 5.78 Å². The highest BCUT2D eigenvalue weighted by Gasteiger charge is 2.23. The Labute approximate surface area is 211 Å². The minimum atomic E-state index is -0.391. The molecule has 0 saturated carbocycles. The minimum Gasteiger partial charge on any atom is -0.346 e. The number of hydrogen-bond donors (Lipinski definition) is 1. The van der Waals surface area contributed by atoms with Crippen LogP contribution in [0.25, 0.3) is 22.7 Å². The molecular weight excluding hydrogens is 468 g/mol. The highest BCUT2D eigenvalue weighted by atomic mass is 16.2. The molecule has 0 aliphatic carbocycles. The Morgan fingerprint density at radius 2 is 1.70 bits per heavy atom. The molecular formula is C27H22N8O2. The van der Waals surface area contributed by atoms with Gasteiger partial charge in [0, 0.05) is 37.4 Å². The van der Waals surface area contributed by atoms with Crippen LogP contribution in [0.1, 0.15) is 32.2 Å². The predicted octanol–water partition coefficient (Wildman–Crippen LogP) is 3.13. The molecule has 1 N–H and O–H groups in total. The molecule has 37 heavy (non-hydrogen) atoms. The van der Waals surface area contributed by atoms with Gasteiger partial charge in [0.15, 0.2) is 5.78 Å². The molecule has 6 aromatic rings. The Morgan fingerprint density at radius 1 is 0.865 bits per heavy atom. The fraction of sp³-hybridized carbons (Fsp3) is 0.111. The maximum absolute atomic E-state index is 13.3. The standard InChI is InChI=1S/C27H22N8O2/c1-33-25(21(15-29-33)26(37)28-14-20-16-34-11-6-5-9-24(34)30-20)23(36)13-19-10-12-35-17-22(32-27(35)31-19)18-7-3-2-4-8-18/h2-12,15-17H,13-14H2,1H3,(H,28,37). The zero-order valence-corrected chi connectivity index (χ0v) is 19.9. The first-order valence-corrected chi connectivity index (χ1v) is 11.7. The maximum Gasteiger partial charge on any atom is 0.255 e. The fourth-order valence-electron chi connectivity index (χ4n) is 4.28. The van der Waals surface area contributed by atoms with E-state index >= 15 is 0 Å². The lowest BCUT2D eigenvalue weighted by atomic mass is 10.1. The molecule has 5 heterocycles. The van der Waals surface area contributed by atoms with E-state index in [2.05, 4.69) is 25.4 Å². The third kappa shape index (κ3) is 4.36. The lowest BCUT2D eigenvalue weighted by Crippen LogP contribution is -2.25. The second-order valence-corrected chi connectivity index (χ2v) is 8.63. The minimum absolute atomic E-state index is 0.0102. The van der Waals surface area contributed by atoms with Crippen LogP contribution in [0.3, 0.4) is 0 Å². The number of fused-ring (bicyclic) bond motifs is 2. The number of nitrogens with one attached hydrogen (secondary N) is 1. The van der Waals surface area contributed by atoms with E-state index < -0.39 is 5.91 Å². The van der Waals surface area contributed by atoms with Gasteiger partial charge in [0.05, 0.1) is 41.8 Å². The first-order valence-electron chi connectivity index (χ1n) is 11.7. The highest BCUT2D eigenvalue weighted by Crippen LogP contribution is 2.19. The summed E-state index contributed by atoms with van der Waals surface area (Å²) in [4.78, 5) is 39.9. The van der Waals surface area contributed by atoms with Crippen molar-refractivity contribution in [1.82, 2.24) is 38.9 Å². The summed E-state index contributed by atoms with van der Waals surface area (Å²) in [6.07, 6.45) is 8.89. The zero-order valence-electron chi connectivity index (χ0n) is 19.9. The van der Waals surface area contributed by atoms with Crippen molar-refractivity contribution >= 4 is 23.1 Å². The Bertz CT molecular complexity index is 1730. The summed E-state index contributed by atoms with van der Waals surface area (Å²) < 4.78 is 5.12. The molecule has 10 heteroatoms. The SMILES string of the molecule is Cn1ncc(C(=O)NCc2cn3ccccc3n2)c1C(=O)Cc1ccn2cc(-c3ccccc3)nc2n1. The van der Waals surface area contributed by atoms with Gasteiger partial charge in [-0.1, -0.05) is 36.4 Å². The molecule has 0 aliphatic rings. The molecule has 10 nitrogen and oxygen atoms in total. The summed E-state index contributed by atoms with van der Waals surface area (Å²) in [6.45, 7) is 0.227. The van der Waals surface area contributed by atoms with Gasteiger partial charge >= 0.3 is 0 Å². The average molecular weight is 491 g/mol. The zero-order chi connectivity index (χ0) is 25.4. The van der Waals surface area contributed by atoms with Crippen molar-refractivity contribution in [3.63, 3.8) is 0 Å². The topological polar surface area (TPSA) is 111 Å². The number of benzene rings is 1. The van der Waals surface area contributed by atoms with Gasteiger partial charge in [0.1, 0.15) is 11.3 Å². The summed E-state index contributed by atoms with van der Waals surface area (Å²) in [5.74, 6) is -0.151. The smallest absolute Gasteiger partial charge is 0.255 e. The summed E-state index contributed by atoms with van der Waals surface area (Å²) in [6, 6.07) is 17.3. The van der Waals surface area contributed by atoms with Crippen molar-refractivity contribution in [1.29, 1.82) is 0 Å². The van der Waals surface area contributed by atoms with E-state index in [-0.39, 0.29) is 30.0 Å². The number of amides is 1. The van der Waals surface area contributed by atoms with Crippen LogP contribution in [-0.4, -0.2) is 45.2 Å². The molecule has 182 valence electrons. The molecule has 0 unspecified atom stereocenters. The van der Waals surface area contributed by atoms with Crippen molar-refractivity contribution in [2.24, 2.45) is 7.05 Å². The number of hydrogen-bond acceptors (Lipinski definition) is 6. The number of imidazole rings is 2. The van der Waals surface area contributed by atoms with Crippen LogP contribution < -0.4 is 5.32 Å². The summed E-state index contributed by atoms with van der Waals surface area (Å²) in [5, 5.41) is 7.00. The van der Waals surface area contributed by atoms with Crippen LogP contribution in [0.15, 0.2) is 85.6 Å². The van der Waals surface area contributed by atoms with E-state index in [0.717, 1.165) is 16.9 Å². The molecule has 0 aliphatic heterocycles. The van der Waals surface area contributed by atoms with Crippen LogP contribution in [-0.2, 0) is 20.0 Å². The Balaban J connectivity index is 1.19. The van der Waals surface area contributed by atoms with Crippen molar-refractivity contribution in [3.8, 4) is 11.3 Å². The van der Waals surface area contributed by atoms with Crippen LogP contribution in [0.2, 0.25) is 0 Å². The maximum atomic E-state index is 13.3. The summed E-state index contributed by atoms with van der Waals surface area (Å²) in [5.41, 5.74) is 4.28. The van der Waals surface area contributed by atoms with Crippen LogP contribution >= 0.6 is 0 Å². The van der Waals surface area contributed by atoms with Crippen LogP contribution in [0.5, 0.6) is 0 Å². The summed E-state index contributed by atoms with van der Waals surface area (Å²) >= 11 is 0. The quantitative estimate of drug-likeness (QED) is 0.344. The van der Waals surface area contributed by atoms with E-state index in [4.69, 9.17) is 0 Å². The molecule has 0 saturated heterocycles. The number of carbonyl (C=O) groups excluding carboxylic acids is 2. The van der Waals surface area contributed by atoms with E-state index in [1.807, 2.05) is 82.1 Å². The number of aryl methyl sites for hydroxylation is 1. The lowest BCUT2D eigenvalue weighted by Gasteiger charge is -2.06. The largest absolute Gasteiger partial charge is 0.346 e. The monoisotopic (exact) mass is 490 g/mol. The third-order valence-electron chi connectivity index (χ3n) is 6.09.